The van der Waals surface area contributed by atoms with Gasteiger partial charge in [0.15, 0.2) is 5.75 Å². The minimum atomic E-state index is -4.67. The highest BCUT2D eigenvalue weighted by Gasteiger charge is 2.36. The van der Waals surface area contributed by atoms with Crippen LogP contribution in [0.25, 0.3) is 16.9 Å². The van der Waals surface area contributed by atoms with Crippen LogP contribution in [0.2, 0.25) is 0 Å². The Balaban J connectivity index is 1.81. The van der Waals surface area contributed by atoms with E-state index in [1.165, 1.54) is 48.0 Å². The van der Waals surface area contributed by atoms with Crippen LogP contribution in [-0.2, 0) is 16.2 Å². The molecular formula is C21H17F3N4O3S. The highest BCUT2D eigenvalue weighted by molar-refractivity contribution is 7.89. The maximum absolute atomic E-state index is 13.8. The first-order chi connectivity index (χ1) is 15.1. The summed E-state index contributed by atoms with van der Waals surface area (Å²) in [5.41, 5.74) is 5.62. The van der Waals surface area contributed by atoms with E-state index < -0.39 is 21.8 Å². The lowest BCUT2D eigenvalue weighted by atomic mass is 9.98. The van der Waals surface area contributed by atoms with E-state index in [0.29, 0.717) is 11.3 Å². The standard InChI is InChI=1S/C21H17F3N4O3S/c1-13-18(31-27-32(29,30)15-5-3-2-4-6-15)9-8-16(21(22,23)24)20(13)17-11-26-19-10-7-14(25)12-28(17)19/h2-12,27H,25H2,1H3. The fraction of sp³-hybridized carbons (Fsp3) is 0.0952. The number of nitrogens with zero attached hydrogens (tertiary/aromatic N) is 2. The summed E-state index contributed by atoms with van der Waals surface area (Å²) in [6, 6.07) is 12.5. The number of halogens is 3. The average Bonchev–Trinajstić information content (AvgIpc) is 3.15. The Labute approximate surface area is 181 Å². The molecule has 0 fully saturated rings. The van der Waals surface area contributed by atoms with E-state index >= 15 is 0 Å². The number of benzene rings is 2. The van der Waals surface area contributed by atoms with E-state index in [1.54, 1.807) is 18.2 Å². The molecule has 11 heteroatoms. The molecule has 7 nitrogen and oxygen atoms in total. The van der Waals surface area contributed by atoms with Crippen molar-refractivity contribution < 1.29 is 26.4 Å². The van der Waals surface area contributed by atoms with E-state index in [2.05, 4.69) is 4.98 Å². The SMILES string of the molecule is Cc1c(ONS(=O)(=O)c2ccccc2)ccc(C(F)(F)F)c1-c1cnc2ccc(N)cn12. The first-order valence-corrected chi connectivity index (χ1v) is 10.7. The van der Waals surface area contributed by atoms with Crippen LogP contribution < -0.4 is 15.5 Å². The summed E-state index contributed by atoms with van der Waals surface area (Å²) in [5, 5.41) is 0. The first-order valence-electron chi connectivity index (χ1n) is 9.25. The fourth-order valence-electron chi connectivity index (χ4n) is 3.30. The topological polar surface area (TPSA) is 98.7 Å². The molecule has 0 aliphatic rings. The number of hydrogen-bond acceptors (Lipinski definition) is 5. The largest absolute Gasteiger partial charge is 0.417 e. The second-order valence-electron chi connectivity index (χ2n) is 6.94. The summed E-state index contributed by atoms with van der Waals surface area (Å²) in [7, 11) is -4.05. The zero-order valence-electron chi connectivity index (χ0n) is 16.6. The number of hydrogen-bond donors (Lipinski definition) is 2. The molecule has 2 heterocycles. The zero-order valence-corrected chi connectivity index (χ0v) is 17.4. The number of fused-ring (bicyclic) bond motifs is 1. The maximum Gasteiger partial charge on any atom is 0.417 e. The predicted molar refractivity (Wildman–Crippen MR) is 112 cm³/mol. The molecule has 0 saturated carbocycles. The molecule has 0 spiro atoms. The number of pyridine rings is 1. The molecule has 3 N–H and O–H groups in total. The van der Waals surface area contributed by atoms with E-state index in [-0.39, 0.29) is 27.5 Å². The number of nitrogens with two attached hydrogens (primary N) is 1. The van der Waals surface area contributed by atoms with Crippen molar-refractivity contribution in [3.8, 4) is 17.0 Å². The minimum Gasteiger partial charge on any atom is -0.398 e. The van der Waals surface area contributed by atoms with Gasteiger partial charge in [0.05, 0.1) is 22.3 Å². The number of nitrogens with one attached hydrogen (secondary N) is 1. The van der Waals surface area contributed by atoms with Crippen LogP contribution in [0.4, 0.5) is 18.9 Å². The summed E-state index contributed by atoms with van der Waals surface area (Å²) in [4.78, 5) is 11.3. The summed E-state index contributed by atoms with van der Waals surface area (Å²) in [6.07, 6.45) is -1.92. The lowest BCUT2D eigenvalue weighted by Crippen LogP contribution is -2.27. The van der Waals surface area contributed by atoms with Gasteiger partial charge in [-0.3, -0.25) is 4.40 Å². The number of nitrogen functional groups attached to an aromatic ring is 1. The Morgan fingerprint density at radius 3 is 2.47 bits per heavy atom. The average molecular weight is 462 g/mol. The lowest BCUT2D eigenvalue weighted by Gasteiger charge is -2.18. The molecule has 2 aromatic heterocycles. The minimum absolute atomic E-state index is 0.0537. The van der Waals surface area contributed by atoms with E-state index in [1.807, 2.05) is 4.89 Å². The molecular weight excluding hydrogens is 445 g/mol. The predicted octanol–water partition coefficient (Wildman–Crippen LogP) is 4.18. The molecule has 4 rings (SSSR count). The summed E-state index contributed by atoms with van der Waals surface area (Å²) in [6.45, 7) is 1.41. The van der Waals surface area contributed by atoms with Crippen molar-refractivity contribution in [3.63, 3.8) is 0 Å². The number of sulfonamides is 1. The smallest absolute Gasteiger partial charge is 0.398 e. The molecule has 0 aliphatic carbocycles. The number of imidazole rings is 1. The molecule has 0 amide bonds. The van der Waals surface area contributed by atoms with E-state index in [0.717, 1.165) is 12.1 Å². The van der Waals surface area contributed by atoms with Crippen molar-refractivity contribution in [1.29, 1.82) is 0 Å². The van der Waals surface area contributed by atoms with Gasteiger partial charge in [-0.1, -0.05) is 18.2 Å². The number of aromatic nitrogens is 2. The van der Waals surface area contributed by atoms with Crippen molar-refractivity contribution in [1.82, 2.24) is 14.3 Å². The van der Waals surface area contributed by atoms with Gasteiger partial charge < -0.3 is 10.6 Å². The summed E-state index contributed by atoms with van der Waals surface area (Å²) in [5.74, 6) is -0.0913. The van der Waals surface area contributed by atoms with Gasteiger partial charge in [0.2, 0.25) is 0 Å². The molecule has 166 valence electrons. The van der Waals surface area contributed by atoms with Crippen LogP contribution in [0.3, 0.4) is 0 Å². The highest BCUT2D eigenvalue weighted by atomic mass is 32.2. The quantitative estimate of drug-likeness (QED) is 0.434. The van der Waals surface area contributed by atoms with Crippen molar-refractivity contribution in [2.45, 2.75) is 18.0 Å². The highest BCUT2D eigenvalue weighted by Crippen LogP contribution is 2.42. The number of alkyl halides is 3. The van der Waals surface area contributed by atoms with Gasteiger partial charge in [0.25, 0.3) is 10.0 Å². The summed E-state index contributed by atoms with van der Waals surface area (Å²) >= 11 is 0. The third-order valence-electron chi connectivity index (χ3n) is 4.82. The fourth-order valence-corrected chi connectivity index (χ4v) is 4.11. The van der Waals surface area contributed by atoms with Gasteiger partial charge in [-0.2, -0.15) is 13.2 Å². The molecule has 0 bridgehead atoms. The normalized spacial score (nSPS) is 12.2. The van der Waals surface area contributed by atoms with Crippen LogP contribution >= 0.6 is 0 Å². The van der Waals surface area contributed by atoms with E-state index in [9.17, 15) is 21.6 Å². The van der Waals surface area contributed by atoms with Crippen molar-refractivity contribution in [3.05, 3.63) is 78.1 Å². The van der Waals surface area contributed by atoms with Crippen molar-refractivity contribution >= 4 is 21.4 Å². The Morgan fingerprint density at radius 2 is 1.78 bits per heavy atom. The third-order valence-corrected chi connectivity index (χ3v) is 6.02. The monoisotopic (exact) mass is 462 g/mol. The number of rotatable bonds is 5. The van der Waals surface area contributed by atoms with Crippen molar-refractivity contribution in [2.24, 2.45) is 0 Å². The molecule has 0 aliphatic heterocycles. The third kappa shape index (κ3) is 3.99. The van der Waals surface area contributed by atoms with Gasteiger partial charge >= 0.3 is 6.18 Å². The van der Waals surface area contributed by atoms with Crippen LogP contribution in [-0.4, -0.2) is 17.8 Å². The summed E-state index contributed by atoms with van der Waals surface area (Å²) < 4.78 is 67.7. The Bertz CT molecular complexity index is 1400. The lowest BCUT2D eigenvalue weighted by molar-refractivity contribution is -0.137. The maximum atomic E-state index is 13.8. The van der Waals surface area contributed by atoms with Crippen molar-refractivity contribution in [2.75, 3.05) is 5.73 Å². The van der Waals surface area contributed by atoms with Crippen LogP contribution in [0.1, 0.15) is 11.1 Å². The number of anilines is 1. The molecule has 32 heavy (non-hydrogen) atoms. The molecule has 4 aromatic rings. The molecule has 0 saturated heterocycles. The molecule has 0 radical (unpaired) electrons. The van der Waals surface area contributed by atoms with Gasteiger partial charge in [-0.05, 0) is 48.2 Å². The van der Waals surface area contributed by atoms with Crippen LogP contribution in [0.5, 0.6) is 5.75 Å². The molecule has 0 atom stereocenters. The molecule has 2 aromatic carbocycles. The second kappa shape index (κ2) is 7.84. The second-order valence-corrected chi connectivity index (χ2v) is 8.59. The Kier molecular flexibility index (Phi) is 5.31. The van der Waals surface area contributed by atoms with Gasteiger partial charge in [0, 0.05) is 23.0 Å². The van der Waals surface area contributed by atoms with Gasteiger partial charge in [0.1, 0.15) is 5.65 Å². The van der Waals surface area contributed by atoms with E-state index in [4.69, 9.17) is 10.6 Å². The van der Waals surface area contributed by atoms with Crippen LogP contribution in [0, 0.1) is 6.92 Å². The van der Waals surface area contributed by atoms with Crippen LogP contribution in [0.15, 0.2) is 71.9 Å². The van der Waals surface area contributed by atoms with Gasteiger partial charge in [-0.25, -0.2) is 13.4 Å². The Morgan fingerprint density at radius 1 is 1.06 bits per heavy atom. The Hall–Kier alpha value is -3.57. The van der Waals surface area contributed by atoms with Gasteiger partial charge in [-0.15, -0.1) is 0 Å². The molecule has 0 unspecified atom stereocenters. The zero-order chi connectivity index (χ0) is 23.1. The first kappa shape index (κ1) is 21.7.